The molecular weight excluding hydrogens is 248 g/mol. The Bertz CT molecular complexity index is 597. The Labute approximate surface area is 110 Å². The number of hydrogen-bond acceptors (Lipinski definition) is 2. The Kier molecular flexibility index (Phi) is 3.69. The zero-order valence-corrected chi connectivity index (χ0v) is 10.8. The third-order valence-corrected chi connectivity index (χ3v) is 2.82. The van der Waals surface area contributed by atoms with Crippen molar-refractivity contribution >= 4 is 5.69 Å². The summed E-state index contributed by atoms with van der Waals surface area (Å²) in [6, 6.07) is 9.15. The van der Waals surface area contributed by atoms with E-state index >= 15 is 0 Å². The van der Waals surface area contributed by atoms with Crippen LogP contribution in [-0.2, 0) is 0 Å². The lowest BCUT2D eigenvalue weighted by molar-refractivity contribution is 0.464. The Morgan fingerprint density at radius 3 is 2.42 bits per heavy atom. The fraction of sp³-hybridized carbons (Fsp3) is 0.200. The van der Waals surface area contributed by atoms with Crippen molar-refractivity contribution in [3.05, 3.63) is 53.6 Å². The minimum atomic E-state index is -0.822. The molecule has 19 heavy (non-hydrogen) atoms. The molecule has 100 valence electrons. The standard InChI is InChI=1S/C15H15F2NO/c1-9(2)11-5-3-4-6-13(11)19-14-8-10(16)7-12(17)15(14)18/h3-9H,18H2,1-2H3. The van der Waals surface area contributed by atoms with Gasteiger partial charge in [0.2, 0.25) is 0 Å². The molecule has 4 heteroatoms. The maximum absolute atomic E-state index is 13.4. The summed E-state index contributed by atoms with van der Waals surface area (Å²) in [4.78, 5) is 0. The lowest BCUT2D eigenvalue weighted by atomic mass is 10.0. The fourth-order valence-electron chi connectivity index (χ4n) is 1.81. The Hall–Kier alpha value is -2.10. The van der Waals surface area contributed by atoms with E-state index in [1.165, 1.54) is 0 Å². The van der Waals surface area contributed by atoms with Crippen molar-refractivity contribution in [3.63, 3.8) is 0 Å². The Balaban J connectivity index is 2.42. The third kappa shape index (κ3) is 2.84. The summed E-state index contributed by atoms with van der Waals surface area (Å²) in [7, 11) is 0. The molecule has 2 nitrogen and oxygen atoms in total. The van der Waals surface area contributed by atoms with Crippen LogP contribution in [0.3, 0.4) is 0 Å². The van der Waals surface area contributed by atoms with Crippen LogP contribution in [0.25, 0.3) is 0 Å². The lowest BCUT2D eigenvalue weighted by Crippen LogP contribution is -1.99. The minimum Gasteiger partial charge on any atom is -0.455 e. The molecule has 0 bridgehead atoms. The summed E-state index contributed by atoms with van der Waals surface area (Å²) >= 11 is 0. The average molecular weight is 263 g/mol. The van der Waals surface area contributed by atoms with Gasteiger partial charge in [0.1, 0.15) is 17.3 Å². The molecule has 0 aliphatic heterocycles. The van der Waals surface area contributed by atoms with Crippen molar-refractivity contribution in [3.8, 4) is 11.5 Å². The van der Waals surface area contributed by atoms with Crippen LogP contribution in [0.5, 0.6) is 11.5 Å². The van der Waals surface area contributed by atoms with Gasteiger partial charge in [-0.2, -0.15) is 0 Å². The second kappa shape index (κ2) is 5.26. The van der Waals surface area contributed by atoms with Crippen LogP contribution in [0.15, 0.2) is 36.4 Å². The molecular formula is C15H15F2NO. The molecule has 0 aromatic heterocycles. The molecule has 0 amide bonds. The van der Waals surface area contributed by atoms with Gasteiger partial charge in [0, 0.05) is 12.1 Å². The molecule has 0 saturated carbocycles. The highest BCUT2D eigenvalue weighted by Crippen LogP contribution is 2.34. The molecule has 0 spiro atoms. The highest BCUT2D eigenvalue weighted by Gasteiger charge is 2.13. The summed E-state index contributed by atoms with van der Waals surface area (Å²) in [6.07, 6.45) is 0. The number of ether oxygens (including phenoxy) is 1. The second-order valence-corrected chi connectivity index (χ2v) is 4.59. The van der Waals surface area contributed by atoms with Gasteiger partial charge in [-0.1, -0.05) is 32.0 Å². The van der Waals surface area contributed by atoms with Crippen LogP contribution in [0.2, 0.25) is 0 Å². The molecule has 2 aromatic carbocycles. The zero-order chi connectivity index (χ0) is 14.0. The zero-order valence-electron chi connectivity index (χ0n) is 10.8. The number of para-hydroxylation sites is 1. The van der Waals surface area contributed by atoms with E-state index in [1.807, 2.05) is 26.0 Å². The number of benzene rings is 2. The van der Waals surface area contributed by atoms with Crippen LogP contribution in [0.1, 0.15) is 25.3 Å². The molecule has 0 radical (unpaired) electrons. The van der Waals surface area contributed by atoms with Crippen LogP contribution in [0, 0.1) is 11.6 Å². The average Bonchev–Trinajstić information content (AvgIpc) is 2.35. The van der Waals surface area contributed by atoms with Crippen LogP contribution in [-0.4, -0.2) is 0 Å². The van der Waals surface area contributed by atoms with Crippen LogP contribution in [0.4, 0.5) is 14.5 Å². The van der Waals surface area contributed by atoms with Crippen molar-refractivity contribution < 1.29 is 13.5 Å². The van der Waals surface area contributed by atoms with E-state index in [0.29, 0.717) is 5.75 Å². The highest BCUT2D eigenvalue weighted by molar-refractivity contribution is 5.55. The monoisotopic (exact) mass is 263 g/mol. The van der Waals surface area contributed by atoms with E-state index in [1.54, 1.807) is 12.1 Å². The largest absolute Gasteiger partial charge is 0.455 e. The number of anilines is 1. The molecule has 2 rings (SSSR count). The molecule has 0 unspecified atom stereocenters. The van der Waals surface area contributed by atoms with Crippen molar-refractivity contribution in [2.45, 2.75) is 19.8 Å². The topological polar surface area (TPSA) is 35.2 Å². The summed E-state index contributed by atoms with van der Waals surface area (Å²) < 4.78 is 32.1. The van der Waals surface area contributed by atoms with Gasteiger partial charge in [0.25, 0.3) is 0 Å². The molecule has 0 heterocycles. The first-order valence-corrected chi connectivity index (χ1v) is 6.00. The Morgan fingerprint density at radius 1 is 1.05 bits per heavy atom. The smallest absolute Gasteiger partial charge is 0.156 e. The maximum atomic E-state index is 13.4. The Morgan fingerprint density at radius 2 is 1.74 bits per heavy atom. The minimum absolute atomic E-state index is 0.00870. The summed E-state index contributed by atoms with van der Waals surface area (Å²) in [5.41, 5.74) is 6.31. The fourth-order valence-corrected chi connectivity index (χ4v) is 1.81. The van der Waals surface area contributed by atoms with Crippen molar-refractivity contribution in [1.29, 1.82) is 0 Å². The first-order chi connectivity index (χ1) is 8.99. The van der Waals surface area contributed by atoms with E-state index in [4.69, 9.17) is 10.5 Å². The highest BCUT2D eigenvalue weighted by atomic mass is 19.1. The number of nitrogen functional groups attached to an aromatic ring is 1. The summed E-state index contributed by atoms with van der Waals surface area (Å²) in [6.45, 7) is 4.02. The van der Waals surface area contributed by atoms with E-state index < -0.39 is 11.6 Å². The molecule has 0 saturated heterocycles. The van der Waals surface area contributed by atoms with Gasteiger partial charge < -0.3 is 10.5 Å². The van der Waals surface area contributed by atoms with Crippen LogP contribution < -0.4 is 10.5 Å². The predicted molar refractivity (Wildman–Crippen MR) is 71.4 cm³/mol. The van der Waals surface area contributed by atoms with Crippen molar-refractivity contribution in [1.82, 2.24) is 0 Å². The number of nitrogens with two attached hydrogens (primary N) is 1. The van der Waals surface area contributed by atoms with E-state index in [2.05, 4.69) is 0 Å². The SMILES string of the molecule is CC(C)c1ccccc1Oc1cc(F)cc(F)c1N. The van der Waals surface area contributed by atoms with Gasteiger partial charge in [-0.3, -0.25) is 0 Å². The number of rotatable bonds is 3. The van der Waals surface area contributed by atoms with Gasteiger partial charge in [0.05, 0.1) is 0 Å². The van der Waals surface area contributed by atoms with Crippen LogP contribution >= 0.6 is 0 Å². The van der Waals surface area contributed by atoms with Crippen molar-refractivity contribution in [2.24, 2.45) is 0 Å². The van der Waals surface area contributed by atoms with E-state index in [-0.39, 0.29) is 17.4 Å². The van der Waals surface area contributed by atoms with Gasteiger partial charge in [-0.05, 0) is 17.5 Å². The molecule has 0 aliphatic rings. The normalized spacial score (nSPS) is 10.8. The van der Waals surface area contributed by atoms with E-state index in [0.717, 1.165) is 17.7 Å². The quantitative estimate of drug-likeness (QED) is 0.829. The number of halogens is 2. The molecule has 0 fully saturated rings. The summed E-state index contributed by atoms with van der Waals surface area (Å²) in [5.74, 6) is -0.767. The summed E-state index contributed by atoms with van der Waals surface area (Å²) in [5, 5.41) is 0. The third-order valence-electron chi connectivity index (χ3n) is 2.82. The molecule has 2 aromatic rings. The molecule has 2 N–H and O–H groups in total. The van der Waals surface area contributed by atoms with Gasteiger partial charge in [0.15, 0.2) is 11.6 Å². The first-order valence-electron chi connectivity index (χ1n) is 6.00. The maximum Gasteiger partial charge on any atom is 0.156 e. The predicted octanol–water partition coefficient (Wildman–Crippen LogP) is 4.46. The van der Waals surface area contributed by atoms with E-state index in [9.17, 15) is 8.78 Å². The van der Waals surface area contributed by atoms with Gasteiger partial charge >= 0.3 is 0 Å². The van der Waals surface area contributed by atoms with Gasteiger partial charge in [-0.15, -0.1) is 0 Å². The first kappa shape index (κ1) is 13.3. The van der Waals surface area contributed by atoms with Gasteiger partial charge in [-0.25, -0.2) is 8.78 Å². The number of hydrogen-bond donors (Lipinski definition) is 1. The lowest BCUT2D eigenvalue weighted by Gasteiger charge is -2.15. The molecule has 0 aliphatic carbocycles. The molecule has 0 atom stereocenters. The van der Waals surface area contributed by atoms with Crippen molar-refractivity contribution in [2.75, 3.05) is 5.73 Å². The second-order valence-electron chi connectivity index (χ2n) is 4.59.